The monoisotopic (exact) mass is 324 g/mol. The van der Waals surface area contributed by atoms with Gasteiger partial charge in [0.25, 0.3) is 0 Å². The van der Waals surface area contributed by atoms with Crippen LogP contribution in [0.15, 0.2) is 0 Å². The van der Waals surface area contributed by atoms with Crippen LogP contribution in [0.2, 0.25) is 0 Å². The molecule has 0 spiro atoms. The van der Waals surface area contributed by atoms with Gasteiger partial charge in [-0.2, -0.15) is 0 Å². The molecule has 3 atom stereocenters. The number of ether oxygens (including phenoxy) is 1. The summed E-state index contributed by atoms with van der Waals surface area (Å²) in [7, 11) is 0. The van der Waals surface area contributed by atoms with E-state index in [4.69, 9.17) is 4.74 Å². The summed E-state index contributed by atoms with van der Waals surface area (Å²) in [5.74, 6) is 1.26. The van der Waals surface area contributed by atoms with E-state index in [1.807, 2.05) is 6.92 Å². The maximum atomic E-state index is 12.3. The van der Waals surface area contributed by atoms with Crippen LogP contribution in [0.5, 0.6) is 0 Å². The van der Waals surface area contributed by atoms with E-state index in [0.29, 0.717) is 24.2 Å². The molecule has 0 aromatic rings. The van der Waals surface area contributed by atoms with E-state index in [9.17, 15) is 9.59 Å². The lowest BCUT2D eigenvalue weighted by Crippen LogP contribution is -2.30. The highest BCUT2D eigenvalue weighted by atomic mass is 16.6. The highest BCUT2D eigenvalue weighted by molar-refractivity contribution is 5.97. The first-order valence-electron chi connectivity index (χ1n) is 9.61. The van der Waals surface area contributed by atoms with Gasteiger partial charge in [-0.25, -0.2) is 0 Å². The van der Waals surface area contributed by atoms with Crippen molar-refractivity contribution in [2.24, 2.45) is 23.2 Å². The van der Waals surface area contributed by atoms with Crippen LogP contribution in [0, 0.1) is 23.2 Å². The Morgan fingerprint density at radius 3 is 1.87 bits per heavy atom. The topological polar surface area (TPSA) is 43.4 Å². The molecule has 1 heterocycles. The smallest absolute Gasteiger partial charge is 0.320 e. The Morgan fingerprint density at radius 1 is 1.00 bits per heavy atom. The Balaban J connectivity index is 2.81. The second-order valence-corrected chi connectivity index (χ2v) is 7.90. The molecule has 1 rings (SSSR count). The van der Waals surface area contributed by atoms with Crippen LogP contribution in [0.25, 0.3) is 0 Å². The van der Waals surface area contributed by atoms with Crippen molar-refractivity contribution in [2.75, 3.05) is 0 Å². The third-order valence-electron chi connectivity index (χ3n) is 5.51. The largest absolute Gasteiger partial charge is 0.393 e. The van der Waals surface area contributed by atoms with Gasteiger partial charge in [0, 0.05) is 0 Å². The van der Waals surface area contributed by atoms with Crippen molar-refractivity contribution in [1.29, 1.82) is 0 Å². The van der Waals surface area contributed by atoms with Crippen LogP contribution in [-0.4, -0.2) is 11.9 Å². The average molecular weight is 325 g/mol. The first-order chi connectivity index (χ1) is 10.9. The molecular weight excluding hydrogens is 288 g/mol. The summed E-state index contributed by atoms with van der Waals surface area (Å²) in [6, 6.07) is 0. The van der Waals surface area contributed by atoms with Crippen molar-refractivity contribution in [2.45, 2.75) is 92.4 Å². The highest BCUT2D eigenvalue weighted by Crippen LogP contribution is 2.43. The molecule has 0 amide bonds. The molecular formula is C20H36O3. The third-order valence-corrected chi connectivity index (χ3v) is 5.51. The molecule has 0 aromatic heterocycles. The van der Waals surface area contributed by atoms with Gasteiger partial charge in [0.05, 0.1) is 11.8 Å². The number of esters is 2. The maximum absolute atomic E-state index is 12.3. The highest BCUT2D eigenvalue weighted by Gasteiger charge is 2.48. The fraction of sp³-hybridized carbons (Fsp3) is 0.900. The third kappa shape index (κ3) is 5.93. The van der Waals surface area contributed by atoms with E-state index < -0.39 is 5.41 Å². The van der Waals surface area contributed by atoms with Crippen molar-refractivity contribution in [3.63, 3.8) is 0 Å². The van der Waals surface area contributed by atoms with E-state index in [2.05, 4.69) is 27.7 Å². The SMILES string of the molecule is CCCC(C)CC(CC(C)CCC)CC1(CC)CC(=O)OC1=O. The molecule has 3 nitrogen and oxygen atoms in total. The Bertz CT molecular complexity index is 376. The van der Waals surface area contributed by atoms with Gasteiger partial charge in [-0.1, -0.05) is 60.3 Å². The van der Waals surface area contributed by atoms with Crippen molar-refractivity contribution < 1.29 is 14.3 Å². The van der Waals surface area contributed by atoms with Crippen LogP contribution in [0.1, 0.15) is 92.4 Å². The van der Waals surface area contributed by atoms with Gasteiger partial charge >= 0.3 is 11.9 Å². The summed E-state index contributed by atoms with van der Waals surface area (Å²) in [5.41, 5.74) is -0.556. The minimum absolute atomic E-state index is 0.277. The fourth-order valence-electron chi connectivity index (χ4n) is 4.34. The summed E-state index contributed by atoms with van der Waals surface area (Å²) in [5, 5.41) is 0. The van der Waals surface area contributed by atoms with E-state index >= 15 is 0 Å². The lowest BCUT2D eigenvalue weighted by atomic mass is 9.71. The maximum Gasteiger partial charge on any atom is 0.320 e. The second-order valence-electron chi connectivity index (χ2n) is 7.90. The van der Waals surface area contributed by atoms with Gasteiger partial charge in [-0.3, -0.25) is 9.59 Å². The normalized spacial score (nSPS) is 25.3. The molecule has 0 N–H and O–H groups in total. The number of carbonyl (C=O) groups excluding carboxylic acids is 2. The summed E-state index contributed by atoms with van der Waals surface area (Å²) >= 11 is 0. The predicted octanol–water partition coefficient (Wildman–Crippen LogP) is 5.52. The molecule has 3 heteroatoms. The molecule has 0 saturated carbocycles. The van der Waals surface area contributed by atoms with Crippen molar-refractivity contribution in [3.05, 3.63) is 0 Å². The molecule has 134 valence electrons. The molecule has 23 heavy (non-hydrogen) atoms. The fourth-order valence-corrected chi connectivity index (χ4v) is 4.34. The molecule has 3 unspecified atom stereocenters. The average Bonchev–Trinajstić information content (AvgIpc) is 2.73. The van der Waals surface area contributed by atoms with Crippen molar-refractivity contribution >= 4 is 11.9 Å². The zero-order chi connectivity index (χ0) is 17.5. The molecule has 0 radical (unpaired) electrons. The molecule has 0 aliphatic carbocycles. The standard InChI is InChI=1S/C20H36O3/c1-6-9-15(4)11-17(12-16(5)10-7-2)13-20(8-3)14-18(21)23-19(20)22/h15-17H,6-14H2,1-5H3. The van der Waals surface area contributed by atoms with E-state index in [1.54, 1.807) is 0 Å². The molecule has 1 fully saturated rings. The van der Waals surface area contributed by atoms with Crippen LogP contribution in [0.4, 0.5) is 0 Å². The minimum Gasteiger partial charge on any atom is -0.393 e. The summed E-state index contributed by atoms with van der Waals surface area (Å²) in [6.07, 6.45) is 9.01. The Labute approximate surface area is 142 Å². The van der Waals surface area contributed by atoms with Gasteiger partial charge < -0.3 is 4.74 Å². The van der Waals surface area contributed by atoms with Gasteiger partial charge in [0.2, 0.25) is 0 Å². The Hall–Kier alpha value is -0.860. The second kappa shape index (κ2) is 9.44. The number of hydrogen-bond donors (Lipinski definition) is 0. The molecule has 1 aliphatic heterocycles. The molecule has 1 saturated heterocycles. The minimum atomic E-state index is -0.556. The zero-order valence-electron chi connectivity index (χ0n) is 15.8. The zero-order valence-corrected chi connectivity index (χ0v) is 15.8. The van der Waals surface area contributed by atoms with E-state index in [-0.39, 0.29) is 18.4 Å². The van der Waals surface area contributed by atoms with Crippen LogP contribution in [0.3, 0.4) is 0 Å². The van der Waals surface area contributed by atoms with Gasteiger partial charge in [-0.15, -0.1) is 0 Å². The molecule has 0 bridgehead atoms. The van der Waals surface area contributed by atoms with E-state index in [1.165, 1.54) is 25.7 Å². The van der Waals surface area contributed by atoms with Crippen LogP contribution in [-0.2, 0) is 14.3 Å². The van der Waals surface area contributed by atoms with Crippen LogP contribution < -0.4 is 0 Å². The number of cyclic esters (lactones) is 2. The lowest BCUT2D eigenvalue weighted by molar-refractivity contribution is -0.155. The number of hydrogen-bond acceptors (Lipinski definition) is 3. The van der Waals surface area contributed by atoms with Crippen molar-refractivity contribution in [3.8, 4) is 0 Å². The Morgan fingerprint density at radius 2 is 1.52 bits per heavy atom. The van der Waals surface area contributed by atoms with Gasteiger partial charge in [-0.05, 0) is 43.4 Å². The predicted molar refractivity (Wildman–Crippen MR) is 93.9 cm³/mol. The first kappa shape index (κ1) is 20.2. The molecule has 1 aliphatic rings. The molecule has 0 aromatic carbocycles. The van der Waals surface area contributed by atoms with Crippen molar-refractivity contribution in [1.82, 2.24) is 0 Å². The number of rotatable bonds is 11. The Kier molecular flexibility index (Phi) is 8.28. The first-order valence-corrected chi connectivity index (χ1v) is 9.61. The lowest BCUT2D eigenvalue weighted by Gasteiger charge is -2.31. The number of carbonyl (C=O) groups is 2. The summed E-state index contributed by atoms with van der Waals surface area (Å²) in [6.45, 7) is 11.1. The van der Waals surface area contributed by atoms with E-state index in [0.717, 1.165) is 19.3 Å². The quantitative estimate of drug-likeness (QED) is 0.371. The summed E-state index contributed by atoms with van der Waals surface area (Å²) in [4.78, 5) is 23.9. The van der Waals surface area contributed by atoms with Gasteiger partial charge in [0.1, 0.15) is 0 Å². The van der Waals surface area contributed by atoms with Gasteiger partial charge in [0.15, 0.2) is 0 Å². The summed E-state index contributed by atoms with van der Waals surface area (Å²) < 4.78 is 4.90. The van der Waals surface area contributed by atoms with Crippen LogP contribution >= 0.6 is 0 Å².